The summed E-state index contributed by atoms with van der Waals surface area (Å²) in [5, 5.41) is 3.58. The SMILES string of the molecule is Cc1ccc(C(C)NCCCOC2CCCCC2)cc1. The van der Waals surface area contributed by atoms with Crippen LogP contribution in [0.4, 0.5) is 0 Å². The van der Waals surface area contributed by atoms with Crippen LogP contribution in [-0.4, -0.2) is 19.3 Å². The van der Waals surface area contributed by atoms with Gasteiger partial charge in [0.05, 0.1) is 6.10 Å². The second-order valence-electron chi connectivity index (χ2n) is 6.07. The second-order valence-corrected chi connectivity index (χ2v) is 6.07. The molecule has 1 aromatic carbocycles. The average molecular weight is 275 g/mol. The van der Waals surface area contributed by atoms with E-state index >= 15 is 0 Å². The molecule has 1 N–H and O–H groups in total. The van der Waals surface area contributed by atoms with Gasteiger partial charge in [-0.3, -0.25) is 0 Å². The van der Waals surface area contributed by atoms with Crippen molar-refractivity contribution in [1.29, 1.82) is 0 Å². The highest BCUT2D eigenvalue weighted by atomic mass is 16.5. The van der Waals surface area contributed by atoms with E-state index in [2.05, 4.69) is 43.4 Å². The van der Waals surface area contributed by atoms with Gasteiger partial charge in [0.25, 0.3) is 0 Å². The summed E-state index contributed by atoms with van der Waals surface area (Å²) < 4.78 is 5.95. The number of aryl methyl sites for hydroxylation is 1. The van der Waals surface area contributed by atoms with Crippen molar-refractivity contribution in [3.63, 3.8) is 0 Å². The maximum Gasteiger partial charge on any atom is 0.0575 e. The van der Waals surface area contributed by atoms with E-state index in [0.717, 1.165) is 19.6 Å². The molecule has 1 fully saturated rings. The topological polar surface area (TPSA) is 21.3 Å². The molecule has 0 radical (unpaired) electrons. The number of nitrogens with one attached hydrogen (secondary N) is 1. The molecule has 1 atom stereocenters. The third-order valence-corrected chi connectivity index (χ3v) is 4.25. The van der Waals surface area contributed by atoms with Gasteiger partial charge in [-0.1, -0.05) is 49.1 Å². The van der Waals surface area contributed by atoms with Crippen LogP contribution in [0.5, 0.6) is 0 Å². The zero-order valence-electron chi connectivity index (χ0n) is 13.0. The Morgan fingerprint density at radius 1 is 1.15 bits per heavy atom. The lowest BCUT2D eigenvalue weighted by atomic mass is 9.98. The van der Waals surface area contributed by atoms with Crippen molar-refractivity contribution in [1.82, 2.24) is 5.32 Å². The Bertz CT molecular complexity index is 368. The second kappa shape index (κ2) is 8.43. The molecule has 0 aliphatic heterocycles. The van der Waals surface area contributed by atoms with Gasteiger partial charge in [0.15, 0.2) is 0 Å². The van der Waals surface area contributed by atoms with Crippen LogP contribution in [0, 0.1) is 6.92 Å². The minimum atomic E-state index is 0.422. The third kappa shape index (κ3) is 5.26. The molecule has 20 heavy (non-hydrogen) atoms. The summed E-state index contributed by atoms with van der Waals surface area (Å²) in [6, 6.07) is 9.21. The summed E-state index contributed by atoms with van der Waals surface area (Å²) in [5.41, 5.74) is 2.69. The fourth-order valence-corrected chi connectivity index (χ4v) is 2.85. The van der Waals surface area contributed by atoms with Gasteiger partial charge in [-0.05, 0) is 45.2 Å². The quantitative estimate of drug-likeness (QED) is 0.745. The summed E-state index contributed by atoms with van der Waals surface area (Å²) in [6.07, 6.45) is 8.29. The van der Waals surface area contributed by atoms with E-state index in [1.807, 2.05) is 0 Å². The molecule has 0 spiro atoms. The van der Waals surface area contributed by atoms with Crippen molar-refractivity contribution < 1.29 is 4.74 Å². The number of hydrogen-bond acceptors (Lipinski definition) is 2. The highest BCUT2D eigenvalue weighted by Gasteiger charge is 2.13. The normalized spacial score (nSPS) is 18.1. The highest BCUT2D eigenvalue weighted by molar-refractivity contribution is 5.23. The van der Waals surface area contributed by atoms with Gasteiger partial charge in [0.1, 0.15) is 0 Å². The predicted octanol–water partition coefficient (Wildman–Crippen LogP) is 4.39. The first-order chi connectivity index (χ1) is 9.75. The van der Waals surface area contributed by atoms with E-state index in [1.54, 1.807) is 0 Å². The largest absolute Gasteiger partial charge is 0.378 e. The van der Waals surface area contributed by atoms with E-state index < -0.39 is 0 Å². The Hall–Kier alpha value is -0.860. The van der Waals surface area contributed by atoms with E-state index in [4.69, 9.17) is 4.74 Å². The van der Waals surface area contributed by atoms with Crippen LogP contribution < -0.4 is 5.32 Å². The molecule has 2 rings (SSSR count). The molecule has 0 amide bonds. The molecule has 0 aromatic heterocycles. The average Bonchev–Trinajstić information content (AvgIpc) is 2.48. The Balaban J connectivity index is 1.57. The molecule has 1 aromatic rings. The molecule has 2 heteroatoms. The van der Waals surface area contributed by atoms with Crippen molar-refractivity contribution in [3.8, 4) is 0 Å². The Morgan fingerprint density at radius 3 is 2.55 bits per heavy atom. The third-order valence-electron chi connectivity index (χ3n) is 4.25. The monoisotopic (exact) mass is 275 g/mol. The van der Waals surface area contributed by atoms with Crippen molar-refractivity contribution in [2.45, 2.75) is 64.5 Å². The van der Waals surface area contributed by atoms with Crippen molar-refractivity contribution in [2.24, 2.45) is 0 Å². The van der Waals surface area contributed by atoms with Crippen LogP contribution in [0.15, 0.2) is 24.3 Å². The van der Waals surface area contributed by atoms with E-state index in [9.17, 15) is 0 Å². The lowest BCUT2D eigenvalue weighted by Crippen LogP contribution is -2.23. The molecule has 112 valence electrons. The standard InChI is InChI=1S/C18H29NO/c1-15-9-11-17(12-10-15)16(2)19-13-6-14-20-18-7-4-3-5-8-18/h9-12,16,18-19H,3-8,13-14H2,1-2H3. The highest BCUT2D eigenvalue weighted by Crippen LogP contribution is 2.20. The van der Waals surface area contributed by atoms with E-state index in [0.29, 0.717) is 12.1 Å². The van der Waals surface area contributed by atoms with Crippen molar-refractivity contribution in [3.05, 3.63) is 35.4 Å². The lowest BCUT2D eigenvalue weighted by Gasteiger charge is -2.22. The van der Waals surface area contributed by atoms with Crippen LogP contribution in [0.25, 0.3) is 0 Å². The van der Waals surface area contributed by atoms with Gasteiger partial charge in [0.2, 0.25) is 0 Å². The molecule has 0 bridgehead atoms. The summed E-state index contributed by atoms with van der Waals surface area (Å²) in [7, 11) is 0. The van der Waals surface area contributed by atoms with Gasteiger partial charge in [-0.25, -0.2) is 0 Å². The number of rotatable bonds is 7. The molecule has 1 unspecified atom stereocenters. The van der Waals surface area contributed by atoms with Gasteiger partial charge in [-0.2, -0.15) is 0 Å². The summed E-state index contributed by atoms with van der Waals surface area (Å²) >= 11 is 0. The van der Waals surface area contributed by atoms with Gasteiger partial charge in [-0.15, -0.1) is 0 Å². The Morgan fingerprint density at radius 2 is 1.85 bits per heavy atom. The van der Waals surface area contributed by atoms with Gasteiger partial charge >= 0.3 is 0 Å². The minimum Gasteiger partial charge on any atom is -0.378 e. The minimum absolute atomic E-state index is 0.422. The molecule has 1 saturated carbocycles. The fourth-order valence-electron chi connectivity index (χ4n) is 2.85. The number of benzene rings is 1. The molecular formula is C18H29NO. The first-order valence-corrected chi connectivity index (χ1v) is 8.17. The zero-order valence-corrected chi connectivity index (χ0v) is 13.0. The van der Waals surface area contributed by atoms with Gasteiger partial charge in [0, 0.05) is 12.6 Å². The fraction of sp³-hybridized carbons (Fsp3) is 0.667. The van der Waals surface area contributed by atoms with E-state index in [-0.39, 0.29) is 0 Å². The van der Waals surface area contributed by atoms with Crippen LogP contribution in [0.2, 0.25) is 0 Å². The maximum atomic E-state index is 5.95. The predicted molar refractivity (Wildman–Crippen MR) is 85.0 cm³/mol. The molecule has 1 aliphatic carbocycles. The molecular weight excluding hydrogens is 246 g/mol. The zero-order chi connectivity index (χ0) is 14.2. The summed E-state index contributed by atoms with van der Waals surface area (Å²) in [6.45, 7) is 6.29. The summed E-state index contributed by atoms with van der Waals surface area (Å²) in [4.78, 5) is 0. The van der Waals surface area contributed by atoms with Crippen LogP contribution in [0.1, 0.15) is 62.6 Å². The molecule has 2 nitrogen and oxygen atoms in total. The smallest absolute Gasteiger partial charge is 0.0575 e. The molecule has 1 aliphatic rings. The van der Waals surface area contributed by atoms with Crippen LogP contribution in [0.3, 0.4) is 0 Å². The van der Waals surface area contributed by atoms with E-state index in [1.165, 1.54) is 43.2 Å². The van der Waals surface area contributed by atoms with Crippen LogP contribution >= 0.6 is 0 Å². The maximum absolute atomic E-state index is 5.95. The lowest BCUT2D eigenvalue weighted by molar-refractivity contribution is 0.0271. The van der Waals surface area contributed by atoms with Gasteiger partial charge < -0.3 is 10.1 Å². The molecule has 0 heterocycles. The number of hydrogen-bond donors (Lipinski definition) is 1. The number of ether oxygens (including phenoxy) is 1. The first-order valence-electron chi connectivity index (χ1n) is 8.17. The van der Waals surface area contributed by atoms with Crippen molar-refractivity contribution in [2.75, 3.05) is 13.2 Å². The Kier molecular flexibility index (Phi) is 6.55. The van der Waals surface area contributed by atoms with Crippen molar-refractivity contribution >= 4 is 0 Å². The molecule has 0 saturated heterocycles. The summed E-state index contributed by atoms with van der Waals surface area (Å²) in [5.74, 6) is 0. The first kappa shape index (κ1) is 15.5. The van der Waals surface area contributed by atoms with Crippen LogP contribution in [-0.2, 0) is 4.74 Å². The Labute approximate surface area is 123 Å².